The molecule has 0 unspecified atom stereocenters. The number of hydrogen-bond acceptors (Lipinski definition) is 7. The Morgan fingerprint density at radius 1 is 1.16 bits per heavy atom. The lowest BCUT2D eigenvalue weighted by Gasteiger charge is -2.38. The lowest BCUT2D eigenvalue weighted by molar-refractivity contribution is -0.137. The van der Waals surface area contributed by atoms with Crippen LogP contribution in [0.4, 0.5) is 24.7 Å². The fourth-order valence-corrected chi connectivity index (χ4v) is 5.06. The highest BCUT2D eigenvalue weighted by Crippen LogP contribution is 2.39. The maximum absolute atomic E-state index is 13.4. The number of amides is 1. The zero-order chi connectivity index (χ0) is 27.4. The smallest absolute Gasteiger partial charge is 0.399 e. The van der Waals surface area contributed by atoms with E-state index < -0.39 is 23.4 Å². The molecule has 5 rings (SSSR count). The minimum absolute atomic E-state index is 0.00809. The Balaban J connectivity index is 1.60. The topological polar surface area (TPSA) is 122 Å². The third kappa shape index (κ3) is 4.60. The molecule has 4 aromatic rings. The van der Waals surface area contributed by atoms with Crippen molar-refractivity contribution in [2.75, 3.05) is 24.1 Å². The first-order valence-corrected chi connectivity index (χ1v) is 12.2. The summed E-state index contributed by atoms with van der Waals surface area (Å²) in [5.74, 6) is 0.806. The lowest BCUT2D eigenvalue weighted by Crippen LogP contribution is -2.44. The van der Waals surface area contributed by atoms with E-state index in [1.54, 1.807) is 41.6 Å². The van der Waals surface area contributed by atoms with Crippen LogP contribution in [0.3, 0.4) is 0 Å². The molecule has 1 aromatic carbocycles. The fourth-order valence-electron chi connectivity index (χ4n) is 5.06. The minimum Gasteiger partial charge on any atom is -0.399 e. The van der Waals surface area contributed by atoms with Gasteiger partial charge in [-0.15, -0.1) is 0 Å². The van der Waals surface area contributed by atoms with E-state index in [4.69, 9.17) is 5.73 Å². The molecule has 1 saturated heterocycles. The highest BCUT2D eigenvalue weighted by Gasteiger charge is 2.37. The molecule has 1 aliphatic rings. The van der Waals surface area contributed by atoms with E-state index in [0.29, 0.717) is 65.4 Å². The molecule has 0 radical (unpaired) electrons. The third-order valence-electron chi connectivity index (χ3n) is 7.13. The quantitative estimate of drug-likeness (QED) is 0.340. The van der Waals surface area contributed by atoms with E-state index in [-0.39, 0.29) is 11.6 Å². The number of imidazole rings is 1. The number of likely N-dealkylation sites (tertiary alicyclic amines) is 1. The summed E-state index contributed by atoms with van der Waals surface area (Å²) in [6, 6.07) is 4.67. The molecule has 1 amide bonds. The maximum Gasteiger partial charge on any atom is 0.416 e. The number of pyridine rings is 1. The van der Waals surface area contributed by atoms with Crippen molar-refractivity contribution in [2.24, 2.45) is 0 Å². The number of aryl methyl sites for hydroxylation is 1. The molecule has 38 heavy (non-hydrogen) atoms. The number of nitrogens with two attached hydrogens (primary N) is 1. The number of rotatable bonds is 4. The van der Waals surface area contributed by atoms with E-state index in [9.17, 15) is 23.1 Å². The number of halogens is 3. The second-order valence-corrected chi connectivity index (χ2v) is 9.83. The van der Waals surface area contributed by atoms with Gasteiger partial charge < -0.3 is 21.1 Å². The standard InChI is InChI=1S/C26H28F3N7O2/c1-14(17-10-18(26(27,28)29)12-19(30)11-17)32-22-20-13-21(25(38)4-7-35(8-5-25)16(3)37)24-31-6-9-36(24)23(20)34-15(2)33-22/h6,9-14,38H,4-5,7-8,30H2,1-3H3,(H,32,33,34)/t14-/m1/s1. The average Bonchev–Trinajstić information content (AvgIpc) is 3.33. The van der Waals surface area contributed by atoms with Gasteiger partial charge in [-0.05, 0) is 56.5 Å². The molecule has 1 fully saturated rings. The minimum atomic E-state index is -4.53. The molecule has 0 saturated carbocycles. The number of fused-ring (bicyclic) bond motifs is 3. The Labute approximate surface area is 216 Å². The maximum atomic E-state index is 13.4. The van der Waals surface area contributed by atoms with Gasteiger partial charge in [0.05, 0.1) is 22.6 Å². The van der Waals surface area contributed by atoms with Crippen LogP contribution < -0.4 is 11.1 Å². The summed E-state index contributed by atoms with van der Waals surface area (Å²) < 4.78 is 41.9. The Morgan fingerprint density at radius 2 is 1.87 bits per heavy atom. The number of benzene rings is 1. The van der Waals surface area contributed by atoms with E-state index in [1.807, 2.05) is 0 Å². The molecule has 0 bridgehead atoms. The first-order chi connectivity index (χ1) is 17.9. The number of carbonyl (C=O) groups is 1. The first-order valence-electron chi connectivity index (χ1n) is 12.2. The summed E-state index contributed by atoms with van der Waals surface area (Å²) in [7, 11) is 0. The fraction of sp³-hybridized carbons (Fsp3) is 0.385. The largest absolute Gasteiger partial charge is 0.416 e. The number of nitrogens with zero attached hydrogens (tertiary/aromatic N) is 5. The van der Waals surface area contributed by atoms with Gasteiger partial charge in [0.2, 0.25) is 5.91 Å². The molecule has 200 valence electrons. The molecule has 1 atom stereocenters. The van der Waals surface area contributed by atoms with Crippen LogP contribution in [0.25, 0.3) is 16.7 Å². The molecule has 0 aliphatic carbocycles. The number of alkyl halides is 3. The van der Waals surface area contributed by atoms with Gasteiger partial charge in [0.1, 0.15) is 17.3 Å². The van der Waals surface area contributed by atoms with Gasteiger partial charge in [0.25, 0.3) is 0 Å². The number of nitrogen functional groups attached to an aromatic ring is 1. The van der Waals surface area contributed by atoms with Crippen molar-refractivity contribution in [1.82, 2.24) is 24.3 Å². The van der Waals surface area contributed by atoms with Crippen LogP contribution in [-0.2, 0) is 16.6 Å². The number of nitrogens with one attached hydrogen (secondary N) is 1. The van der Waals surface area contributed by atoms with Crippen molar-refractivity contribution in [2.45, 2.75) is 51.4 Å². The number of carbonyl (C=O) groups excluding carboxylic acids is 1. The zero-order valence-electron chi connectivity index (χ0n) is 21.2. The van der Waals surface area contributed by atoms with Crippen LogP contribution in [0.5, 0.6) is 0 Å². The SMILES string of the molecule is CC(=O)N1CCC(O)(c2cc3c(N[C@H](C)c4cc(N)cc(C(F)(F)F)c4)nc(C)nc3n3ccnc23)CC1. The van der Waals surface area contributed by atoms with Gasteiger partial charge in [0.15, 0.2) is 5.65 Å². The highest BCUT2D eigenvalue weighted by molar-refractivity contribution is 5.90. The summed E-state index contributed by atoms with van der Waals surface area (Å²) in [6.45, 7) is 5.75. The van der Waals surface area contributed by atoms with Crippen LogP contribution in [0.2, 0.25) is 0 Å². The molecule has 0 spiro atoms. The van der Waals surface area contributed by atoms with Gasteiger partial charge in [-0.3, -0.25) is 9.20 Å². The predicted molar refractivity (Wildman–Crippen MR) is 136 cm³/mol. The third-order valence-corrected chi connectivity index (χ3v) is 7.13. The van der Waals surface area contributed by atoms with E-state index >= 15 is 0 Å². The lowest BCUT2D eigenvalue weighted by atomic mass is 9.84. The monoisotopic (exact) mass is 527 g/mol. The number of aliphatic hydroxyl groups is 1. The normalized spacial score (nSPS) is 16.7. The Hall–Kier alpha value is -3.93. The van der Waals surface area contributed by atoms with Crippen molar-refractivity contribution >= 4 is 34.1 Å². The van der Waals surface area contributed by atoms with Crippen LogP contribution in [-0.4, -0.2) is 48.4 Å². The molecule has 1 aliphatic heterocycles. The Bertz CT molecular complexity index is 1540. The second kappa shape index (κ2) is 9.12. The summed E-state index contributed by atoms with van der Waals surface area (Å²) in [4.78, 5) is 27.1. The Kier molecular flexibility index (Phi) is 6.17. The highest BCUT2D eigenvalue weighted by atomic mass is 19.4. The molecule has 12 heteroatoms. The number of hydrogen-bond donors (Lipinski definition) is 3. The zero-order valence-corrected chi connectivity index (χ0v) is 21.2. The number of piperidine rings is 1. The van der Waals surface area contributed by atoms with Crippen LogP contribution in [0.1, 0.15) is 55.2 Å². The van der Waals surface area contributed by atoms with E-state index in [1.165, 1.54) is 13.0 Å². The van der Waals surface area contributed by atoms with E-state index in [0.717, 1.165) is 12.1 Å². The average molecular weight is 528 g/mol. The first kappa shape index (κ1) is 25.7. The molecule has 4 N–H and O–H groups in total. The summed E-state index contributed by atoms with van der Waals surface area (Å²) >= 11 is 0. The van der Waals surface area contributed by atoms with Crippen molar-refractivity contribution in [3.63, 3.8) is 0 Å². The van der Waals surface area contributed by atoms with Crippen LogP contribution >= 0.6 is 0 Å². The van der Waals surface area contributed by atoms with E-state index in [2.05, 4.69) is 20.3 Å². The van der Waals surface area contributed by atoms with Gasteiger partial charge in [0, 0.05) is 43.7 Å². The summed E-state index contributed by atoms with van der Waals surface area (Å²) in [5.41, 5.74) is 5.72. The van der Waals surface area contributed by atoms with Gasteiger partial charge in [-0.25, -0.2) is 15.0 Å². The summed E-state index contributed by atoms with van der Waals surface area (Å²) in [6.07, 6.45) is -0.517. The molecule has 4 heterocycles. The van der Waals surface area contributed by atoms with Crippen molar-refractivity contribution in [3.05, 3.63) is 59.2 Å². The number of aromatic nitrogens is 4. The Morgan fingerprint density at radius 3 is 2.53 bits per heavy atom. The van der Waals surface area contributed by atoms with Crippen molar-refractivity contribution in [3.8, 4) is 0 Å². The van der Waals surface area contributed by atoms with Gasteiger partial charge >= 0.3 is 6.18 Å². The van der Waals surface area contributed by atoms with Crippen LogP contribution in [0, 0.1) is 6.92 Å². The summed E-state index contributed by atoms with van der Waals surface area (Å²) in [5, 5.41) is 15.5. The van der Waals surface area contributed by atoms with Crippen LogP contribution in [0.15, 0.2) is 36.7 Å². The molecular formula is C26H28F3N7O2. The molecular weight excluding hydrogens is 499 g/mol. The van der Waals surface area contributed by atoms with Crippen molar-refractivity contribution < 1.29 is 23.1 Å². The molecule has 9 nitrogen and oxygen atoms in total. The predicted octanol–water partition coefficient (Wildman–Crippen LogP) is 4.19. The van der Waals surface area contributed by atoms with Crippen molar-refractivity contribution in [1.29, 1.82) is 0 Å². The number of anilines is 2. The molecule has 3 aromatic heterocycles. The van der Waals surface area contributed by atoms with Gasteiger partial charge in [-0.2, -0.15) is 13.2 Å². The second-order valence-electron chi connectivity index (χ2n) is 9.83. The van der Waals surface area contributed by atoms with Gasteiger partial charge in [-0.1, -0.05) is 0 Å².